The standard InChI is InChI=1S/C15H22N2O3/c1-6-14(10(2)3)16-17-15(18)11-7-12(19-4)9-13(8-11)20-5/h7-10H,6H2,1-5H3,(H,17,18)/b16-14-. The molecule has 0 aliphatic carbocycles. The fraction of sp³-hybridized carbons (Fsp3) is 0.467. The van der Waals surface area contributed by atoms with E-state index in [0.717, 1.165) is 12.1 Å². The van der Waals surface area contributed by atoms with Gasteiger partial charge in [0, 0.05) is 17.3 Å². The summed E-state index contributed by atoms with van der Waals surface area (Å²) in [4.78, 5) is 12.1. The van der Waals surface area contributed by atoms with Gasteiger partial charge in [0.15, 0.2) is 0 Å². The minimum atomic E-state index is -0.284. The highest BCUT2D eigenvalue weighted by molar-refractivity contribution is 5.96. The molecule has 20 heavy (non-hydrogen) atoms. The first-order valence-electron chi connectivity index (χ1n) is 6.61. The molecule has 0 heterocycles. The van der Waals surface area contributed by atoms with E-state index in [0.29, 0.717) is 23.0 Å². The Morgan fingerprint density at radius 3 is 2.15 bits per heavy atom. The Morgan fingerprint density at radius 2 is 1.75 bits per heavy atom. The van der Waals surface area contributed by atoms with Crippen molar-refractivity contribution in [2.45, 2.75) is 27.2 Å². The summed E-state index contributed by atoms with van der Waals surface area (Å²) in [7, 11) is 3.09. The van der Waals surface area contributed by atoms with Crippen molar-refractivity contribution in [2.75, 3.05) is 14.2 Å². The number of nitrogens with zero attached hydrogens (tertiary/aromatic N) is 1. The van der Waals surface area contributed by atoms with E-state index in [-0.39, 0.29) is 5.91 Å². The highest BCUT2D eigenvalue weighted by Crippen LogP contribution is 2.22. The lowest BCUT2D eigenvalue weighted by Crippen LogP contribution is -2.21. The van der Waals surface area contributed by atoms with Gasteiger partial charge in [0.25, 0.3) is 5.91 Å². The van der Waals surface area contributed by atoms with E-state index in [4.69, 9.17) is 9.47 Å². The number of carbonyl (C=O) groups is 1. The smallest absolute Gasteiger partial charge is 0.271 e. The molecule has 0 aliphatic heterocycles. The monoisotopic (exact) mass is 278 g/mol. The number of hydrogen-bond acceptors (Lipinski definition) is 4. The zero-order valence-corrected chi connectivity index (χ0v) is 12.7. The molecule has 0 aliphatic rings. The van der Waals surface area contributed by atoms with Crippen LogP contribution in [-0.4, -0.2) is 25.8 Å². The maximum Gasteiger partial charge on any atom is 0.271 e. The number of rotatable bonds is 6. The summed E-state index contributed by atoms with van der Waals surface area (Å²) in [5, 5.41) is 4.16. The van der Waals surface area contributed by atoms with Crippen molar-refractivity contribution in [1.82, 2.24) is 5.43 Å². The first-order valence-corrected chi connectivity index (χ1v) is 6.61. The van der Waals surface area contributed by atoms with E-state index < -0.39 is 0 Å². The number of hydrogen-bond donors (Lipinski definition) is 1. The van der Waals surface area contributed by atoms with Crippen LogP contribution in [-0.2, 0) is 0 Å². The van der Waals surface area contributed by atoms with Crippen molar-refractivity contribution < 1.29 is 14.3 Å². The highest BCUT2D eigenvalue weighted by atomic mass is 16.5. The van der Waals surface area contributed by atoms with Crippen LogP contribution in [0.2, 0.25) is 0 Å². The predicted molar refractivity (Wildman–Crippen MR) is 79.6 cm³/mol. The molecule has 0 radical (unpaired) electrons. The molecule has 0 unspecified atom stereocenters. The Bertz CT molecular complexity index is 474. The fourth-order valence-corrected chi connectivity index (χ4v) is 1.74. The van der Waals surface area contributed by atoms with Crippen LogP contribution in [0.5, 0.6) is 11.5 Å². The average Bonchev–Trinajstić information content (AvgIpc) is 2.46. The largest absolute Gasteiger partial charge is 0.497 e. The third-order valence-electron chi connectivity index (χ3n) is 2.94. The van der Waals surface area contributed by atoms with Gasteiger partial charge >= 0.3 is 0 Å². The van der Waals surface area contributed by atoms with E-state index in [2.05, 4.69) is 10.5 Å². The predicted octanol–water partition coefficient (Wildman–Crippen LogP) is 2.86. The van der Waals surface area contributed by atoms with Crippen LogP contribution in [0, 0.1) is 5.92 Å². The van der Waals surface area contributed by atoms with Crippen molar-refractivity contribution in [1.29, 1.82) is 0 Å². The Morgan fingerprint density at radius 1 is 1.20 bits per heavy atom. The minimum absolute atomic E-state index is 0.284. The fourth-order valence-electron chi connectivity index (χ4n) is 1.74. The van der Waals surface area contributed by atoms with E-state index in [1.807, 2.05) is 20.8 Å². The average molecular weight is 278 g/mol. The maximum absolute atomic E-state index is 12.1. The molecule has 1 amide bonds. The number of benzene rings is 1. The molecular weight excluding hydrogens is 256 g/mol. The molecule has 1 N–H and O–H groups in total. The molecular formula is C15H22N2O3. The van der Waals surface area contributed by atoms with Crippen LogP contribution in [0.25, 0.3) is 0 Å². The van der Waals surface area contributed by atoms with Crippen LogP contribution < -0.4 is 14.9 Å². The van der Waals surface area contributed by atoms with Gasteiger partial charge < -0.3 is 9.47 Å². The number of amides is 1. The Hall–Kier alpha value is -2.04. The summed E-state index contributed by atoms with van der Waals surface area (Å²) in [5.74, 6) is 1.16. The van der Waals surface area contributed by atoms with Crippen molar-refractivity contribution >= 4 is 11.6 Å². The highest BCUT2D eigenvalue weighted by Gasteiger charge is 2.10. The summed E-state index contributed by atoms with van der Waals surface area (Å²) in [5.41, 5.74) is 3.97. The Kier molecular flexibility index (Phi) is 6.03. The number of nitrogens with one attached hydrogen (secondary N) is 1. The Balaban J connectivity index is 2.92. The second kappa shape index (κ2) is 7.53. The molecule has 1 rings (SSSR count). The number of hydrazone groups is 1. The van der Waals surface area contributed by atoms with E-state index in [1.54, 1.807) is 32.4 Å². The maximum atomic E-state index is 12.1. The molecule has 5 nitrogen and oxygen atoms in total. The van der Waals surface area contributed by atoms with Crippen LogP contribution in [0.15, 0.2) is 23.3 Å². The molecule has 0 bridgehead atoms. The summed E-state index contributed by atoms with van der Waals surface area (Å²) >= 11 is 0. The quantitative estimate of drug-likeness (QED) is 0.643. The van der Waals surface area contributed by atoms with Gasteiger partial charge in [0.1, 0.15) is 11.5 Å². The zero-order chi connectivity index (χ0) is 15.1. The number of ether oxygens (including phenoxy) is 2. The molecule has 0 atom stereocenters. The minimum Gasteiger partial charge on any atom is -0.497 e. The van der Waals surface area contributed by atoms with Crippen LogP contribution in [0.3, 0.4) is 0 Å². The molecule has 5 heteroatoms. The van der Waals surface area contributed by atoms with E-state index in [1.165, 1.54) is 0 Å². The summed E-state index contributed by atoms with van der Waals surface area (Å²) in [6.45, 7) is 6.10. The van der Waals surface area contributed by atoms with Gasteiger partial charge in [-0.3, -0.25) is 4.79 Å². The first kappa shape index (κ1) is 16.0. The summed E-state index contributed by atoms with van der Waals surface area (Å²) < 4.78 is 10.3. The first-order chi connectivity index (χ1) is 9.51. The normalized spacial score (nSPS) is 11.4. The second-order valence-electron chi connectivity index (χ2n) is 4.65. The molecule has 1 aromatic rings. The van der Waals surface area contributed by atoms with E-state index >= 15 is 0 Å². The molecule has 0 fully saturated rings. The van der Waals surface area contributed by atoms with Gasteiger partial charge in [-0.15, -0.1) is 0 Å². The topological polar surface area (TPSA) is 59.9 Å². The van der Waals surface area contributed by atoms with Crippen molar-refractivity contribution in [3.05, 3.63) is 23.8 Å². The van der Waals surface area contributed by atoms with Crippen molar-refractivity contribution in [3.63, 3.8) is 0 Å². The van der Waals surface area contributed by atoms with E-state index in [9.17, 15) is 4.79 Å². The molecule has 0 spiro atoms. The molecule has 110 valence electrons. The van der Waals surface area contributed by atoms with Gasteiger partial charge in [0.2, 0.25) is 0 Å². The van der Waals surface area contributed by atoms with Crippen LogP contribution >= 0.6 is 0 Å². The van der Waals surface area contributed by atoms with Crippen molar-refractivity contribution in [3.8, 4) is 11.5 Å². The molecule has 1 aromatic carbocycles. The van der Waals surface area contributed by atoms with Crippen LogP contribution in [0.4, 0.5) is 0 Å². The van der Waals surface area contributed by atoms with Gasteiger partial charge in [-0.1, -0.05) is 20.8 Å². The lowest BCUT2D eigenvalue weighted by atomic mass is 10.1. The summed E-state index contributed by atoms with van der Waals surface area (Å²) in [6, 6.07) is 5.01. The third-order valence-corrected chi connectivity index (χ3v) is 2.94. The van der Waals surface area contributed by atoms with Gasteiger partial charge in [-0.25, -0.2) is 5.43 Å². The number of methoxy groups -OCH3 is 2. The summed E-state index contributed by atoms with van der Waals surface area (Å²) in [6.07, 6.45) is 0.805. The molecule has 0 saturated heterocycles. The van der Waals surface area contributed by atoms with Gasteiger partial charge in [0.05, 0.1) is 14.2 Å². The lowest BCUT2D eigenvalue weighted by Gasteiger charge is -2.09. The second-order valence-corrected chi connectivity index (χ2v) is 4.65. The SMILES string of the molecule is CC/C(=N/NC(=O)c1cc(OC)cc(OC)c1)C(C)C. The molecule has 0 aromatic heterocycles. The molecule has 0 saturated carbocycles. The van der Waals surface area contributed by atoms with Gasteiger partial charge in [-0.2, -0.15) is 5.10 Å². The zero-order valence-electron chi connectivity index (χ0n) is 12.7. The third kappa shape index (κ3) is 4.26. The van der Waals surface area contributed by atoms with Crippen LogP contribution in [0.1, 0.15) is 37.6 Å². The number of carbonyl (C=O) groups excluding carboxylic acids is 1. The van der Waals surface area contributed by atoms with Gasteiger partial charge in [-0.05, 0) is 24.5 Å². The Labute approximate surface area is 120 Å². The van der Waals surface area contributed by atoms with Crippen molar-refractivity contribution in [2.24, 2.45) is 11.0 Å². The lowest BCUT2D eigenvalue weighted by molar-refractivity contribution is 0.0954.